The summed E-state index contributed by atoms with van der Waals surface area (Å²) in [5.74, 6) is 0.561. The molecule has 0 saturated heterocycles. The molecule has 0 heterocycles. The Hall–Kier alpha value is -1.11. The maximum atomic E-state index is 11.0. The molecule has 90 valence electrons. The average Bonchev–Trinajstić information content (AvgIpc) is 2.13. The van der Waals surface area contributed by atoms with Gasteiger partial charge in [-0.2, -0.15) is 0 Å². The van der Waals surface area contributed by atoms with Crippen LogP contribution in [0.3, 0.4) is 0 Å². The molecule has 0 atom stereocenters. The zero-order chi connectivity index (χ0) is 12.4. The second kappa shape index (κ2) is 4.40. The largest absolute Gasteiger partial charge is 0.492 e. The van der Waals surface area contributed by atoms with E-state index in [9.17, 15) is 8.42 Å². The van der Waals surface area contributed by atoms with Crippen molar-refractivity contribution >= 4 is 10.0 Å². The fraction of sp³-hybridized carbons (Fsp3) is 0.400. The number of benzene rings is 1. The number of hydrogen-bond donors (Lipinski definition) is 2. The van der Waals surface area contributed by atoms with Gasteiger partial charge in [-0.1, -0.05) is 0 Å². The molecule has 1 rings (SSSR count). The Morgan fingerprint density at radius 1 is 1.25 bits per heavy atom. The summed E-state index contributed by atoms with van der Waals surface area (Å²) in [4.78, 5) is 0.0619. The van der Waals surface area contributed by atoms with Gasteiger partial charge in [-0.15, -0.1) is 0 Å². The summed E-state index contributed by atoms with van der Waals surface area (Å²) >= 11 is 0. The van der Waals surface area contributed by atoms with Crippen LogP contribution >= 0.6 is 0 Å². The third-order valence-corrected chi connectivity index (χ3v) is 2.69. The van der Waals surface area contributed by atoms with Gasteiger partial charge >= 0.3 is 0 Å². The van der Waals surface area contributed by atoms with Gasteiger partial charge in [0.25, 0.3) is 0 Å². The molecule has 0 saturated carbocycles. The van der Waals surface area contributed by atoms with Gasteiger partial charge < -0.3 is 10.5 Å². The van der Waals surface area contributed by atoms with Crippen LogP contribution in [0.5, 0.6) is 5.75 Å². The van der Waals surface area contributed by atoms with E-state index in [4.69, 9.17) is 15.6 Å². The van der Waals surface area contributed by atoms with Gasteiger partial charge in [-0.05, 0) is 38.1 Å². The summed E-state index contributed by atoms with van der Waals surface area (Å²) in [6, 6.07) is 5.89. The van der Waals surface area contributed by atoms with E-state index in [1.807, 2.05) is 13.8 Å². The van der Waals surface area contributed by atoms with Gasteiger partial charge in [0.05, 0.1) is 4.90 Å². The second-order valence-corrected chi connectivity index (χ2v) is 5.86. The molecule has 1 aromatic rings. The third kappa shape index (κ3) is 4.18. The van der Waals surface area contributed by atoms with Crippen LogP contribution < -0.4 is 15.6 Å². The molecule has 0 aliphatic carbocycles. The fourth-order valence-corrected chi connectivity index (χ4v) is 1.51. The standard InChI is InChI=1S/C10H16N2O3S/c1-10(2,11)7-15-8-3-5-9(6-4-8)16(12,13)14/h3-6H,7,11H2,1-2H3,(H2,12,13,14). The quantitative estimate of drug-likeness (QED) is 0.803. The van der Waals surface area contributed by atoms with Crippen molar-refractivity contribution in [1.82, 2.24) is 0 Å². The fourth-order valence-electron chi connectivity index (χ4n) is 0.995. The van der Waals surface area contributed by atoms with E-state index in [0.717, 1.165) is 0 Å². The summed E-state index contributed by atoms with van der Waals surface area (Å²) in [5, 5.41) is 4.96. The molecular weight excluding hydrogens is 228 g/mol. The van der Waals surface area contributed by atoms with E-state index in [1.54, 1.807) is 12.1 Å². The van der Waals surface area contributed by atoms with Crippen molar-refractivity contribution in [3.05, 3.63) is 24.3 Å². The van der Waals surface area contributed by atoms with Crippen LogP contribution in [0.4, 0.5) is 0 Å². The summed E-state index contributed by atoms with van der Waals surface area (Å²) < 4.78 is 27.3. The molecule has 0 spiro atoms. The number of ether oxygens (including phenoxy) is 1. The molecule has 0 bridgehead atoms. The first-order valence-corrected chi connectivity index (χ1v) is 6.28. The van der Waals surface area contributed by atoms with Gasteiger partial charge in [0, 0.05) is 5.54 Å². The molecule has 0 unspecified atom stereocenters. The predicted molar refractivity (Wildman–Crippen MR) is 61.6 cm³/mol. The molecule has 16 heavy (non-hydrogen) atoms. The minimum atomic E-state index is -3.64. The highest BCUT2D eigenvalue weighted by Crippen LogP contribution is 2.15. The van der Waals surface area contributed by atoms with Crippen molar-refractivity contribution in [3.63, 3.8) is 0 Å². The maximum absolute atomic E-state index is 11.0. The monoisotopic (exact) mass is 244 g/mol. The van der Waals surface area contributed by atoms with Crippen molar-refractivity contribution in [2.45, 2.75) is 24.3 Å². The van der Waals surface area contributed by atoms with E-state index in [0.29, 0.717) is 12.4 Å². The lowest BCUT2D eigenvalue weighted by Crippen LogP contribution is -2.38. The number of nitrogens with two attached hydrogens (primary N) is 2. The summed E-state index contributed by atoms with van der Waals surface area (Å²) in [6.45, 7) is 4.03. The Bertz CT molecular complexity index is 446. The molecule has 0 fully saturated rings. The van der Waals surface area contributed by atoms with Crippen LogP contribution in [-0.4, -0.2) is 20.6 Å². The van der Waals surface area contributed by atoms with Crippen molar-refractivity contribution < 1.29 is 13.2 Å². The maximum Gasteiger partial charge on any atom is 0.238 e. The Morgan fingerprint density at radius 2 is 1.75 bits per heavy atom. The first-order valence-electron chi connectivity index (χ1n) is 4.73. The zero-order valence-corrected chi connectivity index (χ0v) is 10.1. The van der Waals surface area contributed by atoms with Crippen molar-refractivity contribution in [2.75, 3.05) is 6.61 Å². The van der Waals surface area contributed by atoms with Crippen molar-refractivity contribution in [2.24, 2.45) is 10.9 Å². The highest BCUT2D eigenvalue weighted by molar-refractivity contribution is 7.89. The van der Waals surface area contributed by atoms with Crippen molar-refractivity contribution in [3.8, 4) is 5.75 Å². The van der Waals surface area contributed by atoms with Gasteiger partial charge in [0.1, 0.15) is 12.4 Å². The Balaban J connectivity index is 2.73. The third-order valence-electron chi connectivity index (χ3n) is 1.76. The van der Waals surface area contributed by atoms with Crippen molar-refractivity contribution in [1.29, 1.82) is 0 Å². The molecule has 1 aromatic carbocycles. The van der Waals surface area contributed by atoms with Crippen LogP contribution in [-0.2, 0) is 10.0 Å². The van der Waals surface area contributed by atoms with E-state index < -0.39 is 15.6 Å². The molecule has 0 aliphatic rings. The minimum Gasteiger partial charge on any atom is -0.492 e. The average molecular weight is 244 g/mol. The molecular formula is C10H16N2O3S. The molecule has 0 aromatic heterocycles. The first-order chi connectivity index (χ1) is 7.18. The highest BCUT2D eigenvalue weighted by atomic mass is 32.2. The van der Waals surface area contributed by atoms with E-state index >= 15 is 0 Å². The van der Waals surface area contributed by atoms with E-state index in [2.05, 4.69) is 0 Å². The van der Waals surface area contributed by atoms with Gasteiger partial charge in [-0.3, -0.25) is 0 Å². The normalized spacial score (nSPS) is 12.5. The lowest BCUT2D eigenvalue weighted by Gasteiger charge is -2.18. The topological polar surface area (TPSA) is 95.4 Å². The number of primary sulfonamides is 1. The SMILES string of the molecule is CC(C)(N)COc1ccc(S(N)(=O)=O)cc1. The zero-order valence-electron chi connectivity index (χ0n) is 9.30. The Kier molecular flexibility index (Phi) is 3.57. The van der Waals surface area contributed by atoms with Crippen LogP contribution in [0.25, 0.3) is 0 Å². The Morgan fingerprint density at radius 3 is 2.12 bits per heavy atom. The van der Waals surface area contributed by atoms with Gasteiger partial charge in [-0.25, -0.2) is 13.6 Å². The summed E-state index contributed by atoms with van der Waals surface area (Å²) in [5.41, 5.74) is 5.31. The predicted octanol–water partition coefficient (Wildman–Crippen LogP) is 0.450. The molecule has 0 radical (unpaired) electrons. The lowest BCUT2D eigenvalue weighted by atomic mass is 10.1. The molecule has 4 N–H and O–H groups in total. The second-order valence-electron chi connectivity index (χ2n) is 4.29. The molecule has 0 aliphatic heterocycles. The van der Waals surface area contributed by atoms with Gasteiger partial charge in [0.2, 0.25) is 10.0 Å². The van der Waals surface area contributed by atoms with Crippen LogP contribution in [0.15, 0.2) is 29.2 Å². The Labute approximate surface area is 95.4 Å². The lowest BCUT2D eigenvalue weighted by molar-refractivity contribution is 0.243. The molecule has 5 nitrogen and oxygen atoms in total. The highest BCUT2D eigenvalue weighted by Gasteiger charge is 2.12. The van der Waals surface area contributed by atoms with E-state index in [-0.39, 0.29) is 4.90 Å². The minimum absolute atomic E-state index is 0.0619. The van der Waals surface area contributed by atoms with E-state index in [1.165, 1.54) is 12.1 Å². The summed E-state index contributed by atoms with van der Waals surface area (Å²) in [7, 11) is -3.64. The number of hydrogen-bond acceptors (Lipinski definition) is 4. The summed E-state index contributed by atoms with van der Waals surface area (Å²) in [6.07, 6.45) is 0. The first kappa shape index (κ1) is 13.0. The van der Waals surface area contributed by atoms with Gasteiger partial charge in [0.15, 0.2) is 0 Å². The van der Waals surface area contributed by atoms with Crippen LogP contribution in [0.1, 0.15) is 13.8 Å². The molecule has 6 heteroatoms. The number of sulfonamides is 1. The smallest absolute Gasteiger partial charge is 0.238 e. The number of rotatable bonds is 4. The van der Waals surface area contributed by atoms with Crippen LogP contribution in [0, 0.1) is 0 Å². The molecule has 0 amide bonds. The van der Waals surface area contributed by atoms with Crippen LogP contribution in [0.2, 0.25) is 0 Å².